The second-order valence-corrected chi connectivity index (χ2v) is 5.24. The molecule has 0 amide bonds. The van der Waals surface area contributed by atoms with Crippen molar-refractivity contribution in [1.82, 2.24) is 9.78 Å². The number of H-pyrrole nitrogens is 1. The van der Waals surface area contributed by atoms with Crippen LogP contribution in [0, 0.1) is 6.92 Å². The molecular weight excluding hydrogens is 260 g/mol. The highest BCUT2D eigenvalue weighted by molar-refractivity contribution is 5.62. The van der Waals surface area contributed by atoms with E-state index < -0.39 is 0 Å². The Morgan fingerprint density at radius 1 is 0.952 bits per heavy atom. The molecule has 3 rings (SSSR count). The number of hydrogen-bond acceptors (Lipinski definition) is 1. The zero-order chi connectivity index (χ0) is 14.8. The first-order chi connectivity index (χ1) is 10.2. The van der Waals surface area contributed by atoms with Gasteiger partial charge in [-0.3, -0.25) is 9.89 Å². The van der Waals surface area contributed by atoms with Gasteiger partial charge in [0.25, 0.3) is 5.56 Å². The van der Waals surface area contributed by atoms with Crippen LogP contribution in [0.3, 0.4) is 0 Å². The summed E-state index contributed by atoms with van der Waals surface area (Å²) in [6.07, 6.45) is 0. The number of hydrogen-bond donors (Lipinski definition) is 1. The maximum absolute atomic E-state index is 12.5. The second-order valence-electron chi connectivity index (χ2n) is 5.24. The number of aromatic amines is 1. The zero-order valence-corrected chi connectivity index (χ0v) is 12.2. The predicted octanol–water partition coefficient (Wildman–Crippen LogP) is 3.76. The molecule has 3 aromatic rings. The largest absolute Gasteiger partial charge is 0.294 e. The van der Waals surface area contributed by atoms with Crippen molar-refractivity contribution in [2.24, 2.45) is 0 Å². The minimum atomic E-state index is -0.0186. The molecular formula is C18H18N2O. The van der Waals surface area contributed by atoms with Gasteiger partial charge < -0.3 is 0 Å². The first kappa shape index (κ1) is 13.4. The van der Waals surface area contributed by atoms with Crippen molar-refractivity contribution in [3.8, 4) is 11.3 Å². The lowest BCUT2D eigenvalue weighted by atomic mass is 10.1. The third-order valence-corrected chi connectivity index (χ3v) is 3.88. The van der Waals surface area contributed by atoms with Gasteiger partial charge in [0.05, 0.1) is 11.7 Å². The van der Waals surface area contributed by atoms with E-state index in [4.69, 9.17) is 0 Å². The predicted molar refractivity (Wildman–Crippen MR) is 85.5 cm³/mol. The molecule has 0 spiro atoms. The number of benzene rings is 2. The van der Waals surface area contributed by atoms with E-state index in [1.54, 1.807) is 4.68 Å². The molecule has 1 aromatic heterocycles. The van der Waals surface area contributed by atoms with Crippen molar-refractivity contribution in [1.29, 1.82) is 0 Å². The van der Waals surface area contributed by atoms with Crippen LogP contribution >= 0.6 is 0 Å². The molecule has 1 atom stereocenters. The lowest BCUT2D eigenvalue weighted by molar-refractivity contribution is 0.548. The summed E-state index contributed by atoms with van der Waals surface area (Å²) in [4.78, 5) is 12.5. The van der Waals surface area contributed by atoms with Gasteiger partial charge in [-0.05, 0) is 25.0 Å². The Morgan fingerprint density at radius 2 is 1.52 bits per heavy atom. The Kier molecular flexibility index (Phi) is 3.48. The summed E-state index contributed by atoms with van der Waals surface area (Å²) in [5, 5.41) is 3.27. The van der Waals surface area contributed by atoms with Gasteiger partial charge in [-0.15, -0.1) is 0 Å². The van der Waals surface area contributed by atoms with Crippen LogP contribution < -0.4 is 5.56 Å². The van der Waals surface area contributed by atoms with E-state index in [2.05, 4.69) is 5.10 Å². The van der Waals surface area contributed by atoms with Crippen LogP contribution in [-0.4, -0.2) is 9.78 Å². The summed E-state index contributed by atoms with van der Waals surface area (Å²) < 4.78 is 1.70. The third-order valence-electron chi connectivity index (χ3n) is 3.88. The molecule has 1 heterocycles. The van der Waals surface area contributed by atoms with Crippen molar-refractivity contribution in [3.63, 3.8) is 0 Å². The Balaban J connectivity index is 2.08. The average molecular weight is 278 g/mol. The van der Waals surface area contributed by atoms with Crippen LogP contribution in [0.15, 0.2) is 65.5 Å². The number of nitrogens with one attached hydrogen (secondary N) is 1. The van der Waals surface area contributed by atoms with Gasteiger partial charge in [0.15, 0.2) is 0 Å². The standard InChI is InChI=1S/C18H18N2O/c1-13-17(16-11-7-4-8-12-16)19-20(18(13)21)14(2)15-9-5-3-6-10-15/h3-12,14,19H,1-2H3. The van der Waals surface area contributed by atoms with Crippen molar-refractivity contribution < 1.29 is 0 Å². The fourth-order valence-electron chi connectivity index (χ4n) is 2.58. The molecule has 0 aliphatic heterocycles. The van der Waals surface area contributed by atoms with E-state index in [0.717, 1.165) is 22.4 Å². The monoisotopic (exact) mass is 278 g/mol. The lowest BCUT2D eigenvalue weighted by Gasteiger charge is -2.12. The second kappa shape index (κ2) is 5.44. The number of aromatic nitrogens is 2. The van der Waals surface area contributed by atoms with E-state index >= 15 is 0 Å². The molecule has 1 N–H and O–H groups in total. The quantitative estimate of drug-likeness (QED) is 0.778. The highest BCUT2D eigenvalue weighted by atomic mass is 16.1. The molecule has 106 valence electrons. The highest BCUT2D eigenvalue weighted by Crippen LogP contribution is 2.21. The molecule has 0 saturated heterocycles. The molecule has 0 radical (unpaired) electrons. The minimum Gasteiger partial charge on any atom is -0.294 e. The van der Waals surface area contributed by atoms with Crippen LogP contribution in [-0.2, 0) is 0 Å². The summed E-state index contributed by atoms with van der Waals surface area (Å²) >= 11 is 0. The Morgan fingerprint density at radius 3 is 2.14 bits per heavy atom. The normalized spacial score (nSPS) is 12.3. The number of rotatable bonds is 3. The lowest BCUT2D eigenvalue weighted by Crippen LogP contribution is -2.22. The smallest absolute Gasteiger partial charge is 0.270 e. The van der Waals surface area contributed by atoms with Gasteiger partial charge >= 0.3 is 0 Å². The maximum atomic E-state index is 12.5. The maximum Gasteiger partial charge on any atom is 0.270 e. The summed E-state index contributed by atoms with van der Waals surface area (Å²) in [5.74, 6) is 0. The molecule has 0 fully saturated rings. The molecule has 0 bridgehead atoms. The Hall–Kier alpha value is -2.55. The topological polar surface area (TPSA) is 37.8 Å². The highest BCUT2D eigenvalue weighted by Gasteiger charge is 2.16. The van der Waals surface area contributed by atoms with Crippen LogP contribution in [0.2, 0.25) is 0 Å². The van der Waals surface area contributed by atoms with Crippen LogP contribution in [0.4, 0.5) is 0 Å². The van der Waals surface area contributed by atoms with Gasteiger partial charge in [0, 0.05) is 5.56 Å². The summed E-state index contributed by atoms with van der Waals surface area (Å²) in [6.45, 7) is 3.90. The van der Waals surface area contributed by atoms with Gasteiger partial charge in [-0.25, -0.2) is 4.68 Å². The Labute approximate surface area is 123 Å². The van der Waals surface area contributed by atoms with E-state index in [1.165, 1.54) is 0 Å². The van der Waals surface area contributed by atoms with Crippen molar-refractivity contribution in [2.75, 3.05) is 0 Å². The zero-order valence-electron chi connectivity index (χ0n) is 12.2. The van der Waals surface area contributed by atoms with Gasteiger partial charge in [-0.1, -0.05) is 60.7 Å². The number of nitrogens with zero attached hydrogens (tertiary/aromatic N) is 1. The van der Waals surface area contributed by atoms with E-state index in [9.17, 15) is 4.79 Å². The van der Waals surface area contributed by atoms with E-state index in [-0.39, 0.29) is 11.6 Å². The fourth-order valence-corrected chi connectivity index (χ4v) is 2.58. The SMILES string of the molecule is Cc1c(-c2ccccc2)[nH]n(C(C)c2ccccc2)c1=O. The fraction of sp³-hybridized carbons (Fsp3) is 0.167. The third kappa shape index (κ3) is 2.42. The van der Waals surface area contributed by atoms with Gasteiger partial charge in [-0.2, -0.15) is 0 Å². The molecule has 3 nitrogen and oxygen atoms in total. The van der Waals surface area contributed by atoms with Crippen molar-refractivity contribution in [2.45, 2.75) is 19.9 Å². The van der Waals surface area contributed by atoms with Crippen LogP contribution in [0.5, 0.6) is 0 Å². The molecule has 2 aromatic carbocycles. The molecule has 0 saturated carbocycles. The first-order valence-corrected chi connectivity index (χ1v) is 7.10. The van der Waals surface area contributed by atoms with Crippen molar-refractivity contribution in [3.05, 3.63) is 82.1 Å². The molecule has 3 heteroatoms. The molecule has 0 aliphatic carbocycles. The van der Waals surface area contributed by atoms with Gasteiger partial charge in [0.1, 0.15) is 0 Å². The molecule has 0 aliphatic rings. The summed E-state index contributed by atoms with van der Waals surface area (Å²) in [5.41, 5.74) is 3.82. The van der Waals surface area contributed by atoms with Crippen LogP contribution in [0.1, 0.15) is 24.1 Å². The molecule has 21 heavy (non-hydrogen) atoms. The average Bonchev–Trinajstić information content (AvgIpc) is 2.84. The summed E-state index contributed by atoms with van der Waals surface area (Å²) in [7, 11) is 0. The van der Waals surface area contributed by atoms with E-state index in [1.807, 2.05) is 74.5 Å². The summed E-state index contributed by atoms with van der Waals surface area (Å²) in [6, 6.07) is 20.0. The van der Waals surface area contributed by atoms with Crippen molar-refractivity contribution >= 4 is 0 Å². The minimum absolute atomic E-state index is 0.0186. The van der Waals surface area contributed by atoms with E-state index in [0.29, 0.717) is 0 Å². The Bertz CT molecular complexity index is 785. The molecule has 1 unspecified atom stereocenters. The van der Waals surface area contributed by atoms with Gasteiger partial charge in [0.2, 0.25) is 0 Å². The van der Waals surface area contributed by atoms with Crippen LogP contribution in [0.25, 0.3) is 11.3 Å². The first-order valence-electron chi connectivity index (χ1n) is 7.10.